The second-order valence-electron chi connectivity index (χ2n) is 15.3. The summed E-state index contributed by atoms with van der Waals surface area (Å²) in [5, 5.41) is 10.8. The second kappa shape index (κ2) is 12.4. The van der Waals surface area contributed by atoms with Crippen molar-refractivity contribution in [3.63, 3.8) is 0 Å². The van der Waals surface area contributed by atoms with Crippen LogP contribution < -0.4 is 20.7 Å². The van der Waals surface area contributed by atoms with E-state index in [-0.39, 0.29) is 0 Å². The van der Waals surface area contributed by atoms with Crippen molar-refractivity contribution in [2.24, 2.45) is 0 Å². The van der Waals surface area contributed by atoms with Gasteiger partial charge in [0.1, 0.15) is 0 Å². The highest BCUT2D eigenvalue weighted by Crippen LogP contribution is 2.37. The molecule has 1 aliphatic rings. The first kappa shape index (κ1) is 32.1. The summed E-state index contributed by atoms with van der Waals surface area (Å²) in [7, 11) is -2.66. The standard InChI is InChI=1S/C54H36N2Si/c1-3-15-37(16-4-1)38-27-34-54-48(35-38)46-22-10-14-26-53(46)57(54,41-17-5-2-6-18-41)42-31-28-39(29-32-42)55-51-25-13-9-21-45(51)47-36-40(30-33-52(47)55)56-49-23-11-7-19-43(49)44-20-8-12-24-50(44)56/h1-36H. The van der Waals surface area contributed by atoms with Gasteiger partial charge in [-0.1, -0.05) is 164 Å². The molecule has 3 heterocycles. The van der Waals surface area contributed by atoms with Crippen LogP contribution in [0.4, 0.5) is 0 Å². The van der Waals surface area contributed by atoms with Crippen molar-refractivity contribution in [1.82, 2.24) is 9.13 Å². The molecule has 0 fully saturated rings. The topological polar surface area (TPSA) is 9.86 Å². The lowest BCUT2D eigenvalue weighted by molar-refractivity contribution is 1.17. The van der Waals surface area contributed by atoms with Crippen LogP contribution in [-0.2, 0) is 0 Å². The predicted molar refractivity (Wildman–Crippen MR) is 243 cm³/mol. The summed E-state index contributed by atoms with van der Waals surface area (Å²) in [6, 6.07) is 81.3. The van der Waals surface area contributed by atoms with E-state index in [0.717, 1.165) is 5.69 Å². The zero-order valence-electron chi connectivity index (χ0n) is 31.2. The van der Waals surface area contributed by atoms with Crippen molar-refractivity contribution in [3.05, 3.63) is 218 Å². The van der Waals surface area contributed by atoms with Crippen LogP contribution in [0, 0.1) is 0 Å². The molecule has 2 nitrogen and oxygen atoms in total. The number of fused-ring (bicyclic) bond motifs is 9. The average Bonchev–Trinajstić information content (AvgIpc) is 3.91. The van der Waals surface area contributed by atoms with Gasteiger partial charge in [-0.25, -0.2) is 0 Å². The molecule has 57 heavy (non-hydrogen) atoms. The van der Waals surface area contributed by atoms with Gasteiger partial charge in [-0.05, 0) is 97.6 Å². The summed E-state index contributed by atoms with van der Waals surface area (Å²) in [5.41, 5.74) is 12.4. The molecule has 1 unspecified atom stereocenters. The van der Waals surface area contributed by atoms with Gasteiger partial charge in [0.2, 0.25) is 0 Å². The van der Waals surface area contributed by atoms with Crippen LogP contribution in [0.3, 0.4) is 0 Å². The highest BCUT2D eigenvalue weighted by Gasteiger charge is 2.48. The molecule has 266 valence electrons. The highest BCUT2D eigenvalue weighted by molar-refractivity contribution is 7.22. The van der Waals surface area contributed by atoms with E-state index in [0.29, 0.717) is 0 Å². The molecule has 0 N–H and O–H groups in total. The summed E-state index contributed by atoms with van der Waals surface area (Å²) in [6.07, 6.45) is 0. The van der Waals surface area contributed by atoms with Crippen LogP contribution in [-0.4, -0.2) is 17.2 Å². The monoisotopic (exact) mass is 740 g/mol. The predicted octanol–water partition coefficient (Wildman–Crippen LogP) is 10.9. The Morgan fingerprint density at radius 3 is 1.46 bits per heavy atom. The Hall–Kier alpha value is -7.20. The van der Waals surface area contributed by atoms with Gasteiger partial charge in [0, 0.05) is 32.9 Å². The first-order valence-corrected chi connectivity index (χ1v) is 21.8. The SMILES string of the molecule is c1ccc(-c2ccc3c(c2)-c2ccccc2[Si]3(c2ccccc2)c2ccc(-n3c4ccccc4c4cc(-n5c6ccccc6c6ccccc65)ccc43)cc2)cc1. The molecule has 0 bridgehead atoms. The maximum Gasteiger partial charge on any atom is 0.180 e. The van der Waals surface area contributed by atoms with Crippen LogP contribution in [0.2, 0.25) is 0 Å². The van der Waals surface area contributed by atoms with E-state index in [2.05, 4.69) is 228 Å². The molecule has 1 atom stereocenters. The normalized spacial score (nSPS) is 14.7. The summed E-state index contributed by atoms with van der Waals surface area (Å²) in [5.74, 6) is 0. The van der Waals surface area contributed by atoms with Crippen LogP contribution in [0.15, 0.2) is 218 Å². The van der Waals surface area contributed by atoms with E-state index < -0.39 is 8.07 Å². The van der Waals surface area contributed by atoms with E-state index in [9.17, 15) is 0 Å². The Bertz CT molecular complexity index is 3290. The zero-order chi connectivity index (χ0) is 37.5. The summed E-state index contributed by atoms with van der Waals surface area (Å²) < 4.78 is 4.86. The smallest absolute Gasteiger partial charge is 0.180 e. The van der Waals surface area contributed by atoms with Crippen molar-refractivity contribution in [1.29, 1.82) is 0 Å². The highest BCUT2D eigenvalue weighted by atomic mass is 28.3. The van der Waals surface area contributed by atoms with Crippen LogP contribution in [0.25, 0.3) is 77.2 Å². The Labute approximate surface area is 332 Å². The number of rotatable bonds is 5. The molecular weight excluding hydrogens is 705 g/mol. The Kier molecular flexibility index (Phi) is 6.98. The van der Waals surface area contributed by atoms with Gasteiger partial charge in [-0.15, -0.1) is 0 Å². The molecular formula is C54H36N2Si. The molecule has 2 aromatic heterocycles. The number of hydrogen-bond donors (Lipinski definition) is 0. The largest absolute Gasteiger partial charge is 0.309 e. The maximum absolute atomic E-state index is 2.66. The molecule has 0 amide bonds. The van der Waals surface area contributed by atoms with Crippen molar-refractivity contribution in [2.45, 2.75) is 0 Å². The number of hydrogen-bond acceptors (Lipinski definition) is 0. The Balaban J connectivity index is 1.05. The van der Waals surface area contributed by atoms with Gasteiger partial charge in [0.15, 0.2) is 8.07 Å². The number of aromatic nitrogens is 2. The van der Waals surface area contributed by atoms with Crippen LogP contribution >= 0.6 is 0 Å². The number of para-hydroxylation sites is 3. The van der Waals surface area contributed by atoms with E-state index in [1.807, 2.05) is 0 Å². The van der Waals surface area contributed by atoms with Crippen molar-refractivity contribution in [3.8, 4) is 33.6 Å². The first-order chi connectivity index (χ1) is 28.3. The molecule has 9 aromatic carbocycles. The molecule has 11 aromatic rings. The van der Waals surface area contributed by atoms with Crippen molar-refractivity contribution < 1.29 is 0 Å². The molecule has 0 saturated heterocycles. The lowest BCUT2D eigenvalue weighted by Gasteiger charge is -2.31. The molecule has 12 rings (SSSR count). The van der Waals surface area contributed by atoms with E-state index in [4.69, 9.17) is 0 Å². The molecule has 0 spiro atoms. The Morgan fingerprint density at radius 2 is 0.772 bits per heavy atom. The minimum Gasteiger partial charge on any atom is -0.309 e. The Morgan fingerprint density at radius 1 is 0.281 bits per heavy atom. The third-order valence-electron chi connectivity index (χ3n) is 12.4. The maximum atomic E-state index is 2.45. The molecule has 0 aliphatic carbocycles. The average molecular weight is 741 g/mol. The molecule has 0 radical (unpaired) electrons. The fraction of sp³-hybridized carbons (Fsp3) is 0. The van der Waals surface area contributed by atoms with Crippen LogP contribution in [0.1, 0.15) is 0 Å². The van der Waals surface area contributed by atoms with Gasteiger partial charge < -0.3 is 9.13 Å². The minimum absolute atomic E-state index is 1.16. The fourth-order valence-electron chi connectivity index (χ4n) is 10.0. The molecule has 1 aliphatic heterocycles. The third-order valence-corrected chi connectivity index (χ3v) is 17.3. The lowest BCUT2D eigenvalue weighted by atomic mass is 9.99. The van der Waals surface area contributed by atoms with Crippen LogP contribution in [0.5, 0.6) is 0 Å². The third kappa shape index (κ3) is 4.58. The van der Waals surface area contributed by atoms with E-state index >= 15 is 0 Å². The quantitative estimate of drug-likeness (QED) is 0.156. The van der Waals surface area contributed by atoms with Gasteiger partial charge in [-0.3, -0.25) is 0 Å². The van der Waals surface area contributed by atoms with E-state index in [1.54, 1.807) is 0 Å². The summed E-state index contributed by atoms with van der Waals surface area (Å²) >= 11 is 0. The van der Waals surface area contributed by atoms with Gasteiger partial charge in [0.05, 0.1) is 22.1 Å². The fourth-order valence-corrected chi connectivity index (χ4v) is 15.1. The van der Waals surface area contributed by atoms with Crippen molar-refractivity contribution >= 4 is 72.4 Å². The molecule has 3 heteroatoms. The lowest BCUT2D eigenvalue weighted by Crippen LogP contribution is -2.72. The zero-order valence-corrected chi connectivity index (χ0v) is 32.2. The van der Waals surface area contributed by atoms with Gasteiger partial charge >= 0.3 is 0 Å². The number of nitrogens with zero attached hydrogens (tertiary/aromatic N) is 2. The minimum atomic E-state index is -2.66. The first-order valence-electron chi connectivity index (χ1n) is 19.8. The van der Waals surface area contributed by atoms with Gasteiger partial charge in [-0.2, -0.15) is 0 Å². The van der Waals surface area contributed by atoms with Gasteiger partial charge in [0.25, 0.3) is 0 Å². The second-order valence-corrected chi connectivity index (χ2v) is 19.0. The van der Waals surface area contributed by atoms with Crippen molar-refractivity contribution in [2.75, 3.05) is 0 Å². The summed E-state index contributed by atoms with van der Waals surface area (Å²) in [6.45, 7) is 0. The number of benzene rings is 9. The summed E-state index contributed by atoms with van der Waals surface area (Å²) in [4.78, 5) is 0. The molecule has 0 saturated carbocycles. The van der Waals surface area contributed by atoms with E-state index in [1.165, 1.54) is 92.3 Å².